The molecule has 0 saturated carbocycles. The van der Waals surface area contributed by atoms with Gasteiger partial charge in [0.2, 0.25) is 0 Å². The number of benzene rings is 2. The lowest BCUT2D eigenvalue weighted by Crippen LogP contribution is -1.98. The first-order valence-electron chi connectivity index (χ1n) is 7.55. The van der Waals surface area contributed by atoms with E-state index >= 15 is 0 Å². The summed E-state index contributed by atoms with van der Waals surface area (Å²) in [5, 5.41) is 13.6. The van der Waals surface area contributed by atoms with Crippen LogP contribution in [0.3, 0.4) is 0 Å². The highest BCUT2D eigenvalue weighted by molar-refractivity contribution is 5.96. The zero-order valence-electron chi connectivity index (χ0n) is 14.2. The third-order valence-corrected chi connectivity index (χ3v) is 3.82. The van der Waals surface area contributed by atoms with E-state index in [1.165, 1.54) is 0 Å². The van der Waals surface area contributed by atoms with Crippen molar-refractivity contribution in [3.05, 3.63) is 48.2 Å². The zero-order valence-corrected chi connectivity index (χ0v) is 14.2. The van der Waals surface area contributed by atoms with Crippen molar-refractivity contribution >= 4 is 22.3 Å². The minimum atomic E-state index is 0.433. The van der Waals surface area contributed by atoms with Gasteiger partial charge < -0.3 is 19.5 Å². The van der Waals surface area contributed by atoms with E-state index in [0.717, 1.165) is 16.6 Å². The molecule has 25 heavy (non-hydrogen) atoms. The van der Waals surface area contributed by atoms with E-state index < -0.39 is 0 Å². The molecule has 126 valence electrons. The summed E-state index contributed by atoms with van der Waals surface area (Å²) >= 11 is 0. The van der Waals surface area contributed by atoms with E-state index in [9.17, 15) is 5.26 Å². The Balaban J connectivity index is 2.16. The fourth-order valence-electron chi connectivity index (χ4n) is 2.54. The van der Waals surface area contributed by atoms with Gasteiger partial charge in [-0.1, -0.05) is 0 Å². The maximum atomic E-state index is 9.47. The Hall–Kier alpha value is -3.46. The summed E-state index contributed by atoms with van der Waals surface area (Å²) in [5.41, 5.74) is 2.59. The number of nitrogens with one attached hydrogen (secondary N) is 1. The molecule has 6 heteroatoms. The van der Waals surface area contributed by atoms with Crippen LogP contribution in [0.25, 0.3) is 10.9 Å². The Morgan fingerprint density at radius 1 is 0.920 bits per heavy atom. The molecule has 6 nitrogen and oxygen atoms in total. The Morgan fingerprint density at radius 3 is 2.20 bits per heavy atom. The number of fused-ring (bicyclic) bond motifs is 1. The quantitative estimate of drug-likeness (QED) is 0.762. The van der Waals surface area contributed by atoms with E-state index in [4.69, 9.17) is 14.2 Å². The van der Waals surface area contributed by atoms with Crippen LogP contribution in [0.2, 0.25) is 0 Å². The van der Waals surface area contributed by atoms with Crippen LogP contribution >= 0.6 is 0 Å². The zero-order chi connectivity index (χ0) is 17.8. The van der Waals surface area contributed by atoms with Crippen molar-refractivity contribution in [2.75, 3.05) is 26.6 Å². The Kier molecular flexibility index (Phi) is 4.57. The molecule has 3 aromatic rings. The second kappa shape index (κ2) is 6.97. The van der Waals surface area contributed by atoms with Gasteiger partial charge in [-0.2, -0.15) is 5.26 Å². The summed E-state index contributed by atoms with van der Waals surface area (Å²) in [6, 6.07) is 13.2. The van der Waals surface area contributed by atoms with Gasteiger partial charge in [0.15, 0.2) is 0 Å². The number of nitrogens with zero attached hydrogens (tertiary/aromatic N) is 2. The van der Waals surface area contributed by atoms with Crippen LogP contribution in [0.15, 0.2) is 42.6 Å². The molecule has 1 aromatic heterocycles. The molecular formula is C19H17N3O3. The first-order chi connectivity index (χ1) is 12.2. The molecule has 0 amide bonds. The lowest BCUT2D eigenvalue weighted by atomic mass is 10.1. The van der Waals surface area contributed by atoms with Crippen LogP contribution in [-0.2, 0) is 0 Å². The summed E-state index contributed by atoms with van der Waals surface area (Å²) in [4.78, 5) is 4.33. The smallest absolute Gasteiger partial charge is 0.124 e. The Morgan fingerprint density at radius 2 is 1.60 bits per heavy atom. The number of hydrogen-bond acceptors (Lipinski definition) is 6. The largest absolute Gasteiger partial charge is 0.497 e. The van der Waals surface area contributed by atoms with Gasteiger partial charge in [0.05, 0.1) is 38.1 Å². The Bertz CT molecular complexity index is 942. The van der Waals surface area contributed by atoms with Crippen molar-refractivity contribution in [1.29, 1.82) is 5.26 Å². The van der Waals surface area contributed by atoms with Crippen molar-refractivity contribution in [1.82, 2.24) is 4.98 Å². The highest BCUT2D eigenvalue weighted by atomic mass is 16.5. The number of rotatable bonds is 5. The fraction of sp³-hybridized carbons (Fsp3) is 0.158. The molecule has 0 fully saturated rings. The van der Waals surface area contributed by atoms with Crippen molar-refractivity contribution in [2.45, 2.75) is 0 Å². The normalized spacial score (nSPS) is 10.2. The molecular weight excluding hydrogens is 318 g/mol. The van der Waals surface area contributed by atoms with Crippen molar-refractivity contribution in [2.24, 2.45) is 0 Å². The van der Waals surface area contributed by atoms with E-state index in [2.05, 4.69) is 16.4 Å². The van der Waals surface area contributed by atoms with Gasteiger partial charge in [-0.15, -0.1) is 0 Å². The van der Waals surface area contributed by atoms with Gasteiger partial charge in [0.25, 0.3) is 0 Å². The van der Waals surface area contributed by atoms with Crippen molar-refractivity contribution < 1.29 is 14.2 Å². The summed E-state index contributed by atoms with van der Waals surface area (Å²) in [6.45, 7) is 0. The molecule has 0 aliphatic carbocycles. The number of nitriles is 1. The van der Waals surface area contributed by atoms with Gasteiger partial charge >= 0.3 is 0 Å². The number of methoxy groups -OCH3 is 3. The maximum absolute atomic E-state index is 9.47. The Labute approximate surface area is 145 Å². The fourth-order valence-corrected chi connectivity index (χ4v) is 2.54. The highest BCUT2D eigenvalue weighted by Gasteiger charge is 2.12. The van der Waals surface area contributed by atoms with Crippen LogP contribution in [-0.4, -0.2) is 26.3 Å². The SMILES string of the molecule is COc1cc(Nc2c(C#N)cnc3ccc(OC)cc23)cc(OC)c1. The first-order valence-corrected chi connectivity index (χ1v) is 7.55. The molecule has 0 atom stereocenters. The molecule has 0 unspecified atom stereocenters. The van der Waals surface area contributed by atoms with E-state index in [1.807, 2.05) is 30.3 Å². The van der Waals surface area contributed by atoms with Gasteiger partial charge in [0.1, 0.15) is 23.3 Å². The number of ether oxygens (including phenoxy) is 3. The molecule has 1 N–H and O–H groups in total. The second-order valence-corrected chi connectivity index (χ2v) is 5.27. The van der Waals surface area contributed by atoms with Gasteiger partial charge in [-0.05, 0) is 18.2 Å². The standard InChI is InChI=1S/C19H17N3O3/c1-23-14-4-5-18-17(9-14)19(12(10-20)11-21-18)22-13-6-15(24-2)8-16(7-13)25-3/h4-9,11H,1-3H3,(H,21,22). The van der Waals surface area contributed by atoms with E-state index in [1.54, 1.807) is 33.6 Å². The van der Waals surface area contributed by atoms with Gasteiger partial charge in [-0.25, -0.2) is 0 Å². The predicted octanol–water partition coefficient (Wildman–Crippen LogP) is 3.88. The predicted molar refractivity (Wildman–Crippen MR) is 95.8 cm³/mol. The van der Waals surface area contributed by atoms with Crippen LogP contribution in [0.5, 0.6) is 17.2 Å². The average Bonchev–Trinajstić information content (AvgIpc) is 2.67. The average molecular weight is 335 g/mol. The monoisotopic (exact) mass is 335 g/mol. The maximum Gasteiger partial charge on any atom is 0.124 e. The topological polar surface area (TPSA) is 76.4 Å². The van der Waals surface area contributed by atoms with Crippen LogP contribution < -0.4 is 19.5 Å². The first kappa shape index (κ1) is 16.4. The molecule has 1 heterocycles. The molecule has 0 saturated heterocycles. The van der Waals surface area contributed by atoms with E-state index in [0.29, 0.717) is 28.5 Å². The molecule has 0 spiro atoms. The summed E-state index contributed by atoms with van der Waals surface area (Å²) in [5.74, 6) is 1.99. The minimum Gasteiger partial charge on any atom is -0.497 e. The second-order valence-electron chi connectivity index (χ2n) is 5.27. The molecule has 2 aromatic carbocycles. The lowest BCUT2D eigenvalue weighted by molar-refractivity contribution is 0.395. The van der Waals surface area contributed by atoms with Gasteiger partial charge in [-0.3, -0.25) is 4.98 Å². The number of aromatic nitrogens is 1. The number of pyridine rings is 1. The summed E-state index contributed by atoms with van der Waals surface area (Å²) in [7, 11) is 4.78. The molecule has 0 radical (unpaired) electrons. The summed E-state index contributed by atoms with van der Waals surface area (Å²) < 4.78 is 15.9. The number of anilines is 2. The third kappa shape index (κ3) is 3.26. The number of hydrogen-bond donors (Lipinski definition) is 1. The van der Waals surface area contributed by atoms with Crippen LogP contribution in [0, 0.1) is 11.3 Å². The van der Waals surface area contributed by atoms with Crippen LogP contribution in [0.1, 0.15) is 5.56 Å². The molecule has 0 aliphatic heterocycles. The van der Waals surface area contributed by atoms with E-state index in [-0.39, 0.29) is 0 Å². The molecule has 0 aliphatic rings. The summed E-state index contributed by atoms with van der Waals surface area (Å²) in [6.07, 6.45) is 1.55. The third-order valence-electron chi connectivity index (χ3n) is 3.82. The van der Waals surface area contributed by atoms with Crippen molar-refractivity contribution in [3.63, 3.8) is 0 Å². The lowest BCUT2D eigenvalue weighted by Gasteiger charge is -2.14. The molecule has 0 bridgehead atoms. The van der Waals surface area contributed by atoms with Crippen molar-refractivity contribution in [3.8, 4) is 23.3 Å². The van der Waals surface area contributed by atoms with Crippen LogP contribution in [0.4, 0.5) is 11.4 Å². The minimum absolute atomic E-state index is 0.433. The van der Waals surface area contributed by atoms with Gasteiger partial charge in [0, 0.05) is 35.5 Å². The molecule has 3 rings (SSSR count). The highest BCUT2D eigenvalue weighted by Crippen LogP contribution is 2.34.